The van der Waals surface area contributed by atoms with Crippen molar-refractivity contribution in [2.75, 3.05) is 6.61 Å². The lowest BCUT2D eigenvalue weighted by atomic mass is 9.50. The second-order valence-electron chi connectivity index (χ2n) is 10.7. The van der Waals surface area contributed by atoms with Crippen LogP contribution in [0.4, 0.5) is 0 Å². The van der Waals surface area contributed by atoms with E-state index in [9.17, 15) is 29.7 Å². The molecule has 1 aliphatic heterocycles. The molecule has 9 heteroatoms. The Bertz CT molecular complexity index is 925. The predicted molar refractivity (Wildman–Crippen MR) is 114 cm³/mol. The monoisotopic (exact) mass is 466 g/mol. The molecule has 3 N–H and O–H groups in total. The minimum atomic E-state index is -1.60. The van der Waals surface area contributed by atoms with Crippen LogP contribution in [0.3, 0.4) is 0 Å². The van der Waals surface area contributed by atoms with E-state index in [1.54, 1.807) is 13.8 Å². The maximum Gasteiger partial charge on any atom is 0.303 e. The molecule has 9 nitrogen and oxygen atoms in total. The highest BCUT2D eigenvalue weighted by Crippen LogP contribution is 2.65. The van der Waals surface area contributed by atoms with E-state index in [0.717, 1.165) is 0 Å². The maximum absolute atomic E-state index is 14.2. The Morgan fingerprint density at radius 1 is 1.15 bits per heavy atom. The fraction of sp³-hybridized carbons (Fsp3) is 0.792. The number of aliphatic hydroxyl groups is 3. The molecule has 3 fully saturated rings. The zero-order valence-electron chi connectivity index (χ0n) is 20.0. The number of ether oxygens (including phenoxy) is 3. The topological polar surface area (TPSA) is 140 Å². The summed E-state index contributed by atoms with van der Waals surface area (Å²) in [5.41, 5.74) is -3.21. The van der Waals surface area contributed by atoms with E-state index in [0.29, 0.717) is 11.1 Å². The second-order valence-corrected chi connectivity index (χ2v) is 10.7. The summed E-state index contributed by atoms with van der Waals surface area (Å²) >= 11 is 0. The molecule has 2 saturated carbocycles. The molecule has 1 heterocycles. The standard InChI is InChI=1S/C24H34O9/c1-10(2)23-8-14(27)11(3)17(23)18(32-12(4)25)20(29)22(6)15(28)7-16-24(9-31-16,33-13(5)26)19(22)21(23)30/h10,14-16,18-19,21,27-28,30H,7-9H2,1-6H3/t14-,15-,16+,18+,19?,21-,22+,23-,24-/m0/s1. The molecule has 9 atom stereocenters. The van der Waals surface area contributed by atoms with Gasteiger partial charge < -0.3 is 29.5 Å². The Kier molecular flexibility index (Phi) is 5.60. The van der Waals surface area contributed by atoms with Crippen LogP contribution in [0.15, 0.2) is 11.1 Å². The molecule has 184 valence electrons. The molecule has 1 unspecified atom stereocenters. The molecule has 33 heavy (non-hydrogen) atoms. The lowest BCUT2D eigenvalue weighted by Gasteiger charge is -2.63. The van der Waals surface area contributed by atoms with E-state index in [4.69, 9.17) is 14.2 Å². The van der Waals surface area contributed by atoms with Crippen molar-refractivity contribution in [2.45, 2.75) is 90.5 Å². The normalized spacial score (nSPS) is 46.7. The van der Waals surface area contributed by atoms with Gasteiger partial charge in [-0.15, -0.1) is 0 Å². The minimum absolute atomic E-state index is 0.0262. The lowest BCUT2D eigenvalue weighted by molar-refractivity contribution is -0.334. The van der Waals surface area contributed by atoms with Crippen LogP contribution in [0.5, 0.6) is 0 Å². The summed E-state index contributed by atoms with van der Waals surface area (Å²) in [6.07, 6.45) is -5.40. The van der Waals surface area contributed by atoms with Gasteiger partial charge in [-0.3, -0.25) is 14.4 Å². The van der Waals surface area contributed by atoms with Crippen molar-refractivity contribution in [2.24, 2.45) is 22.7 Å². The van der Waals surface area contributed by atoms with Gasteiger partial charge in [0.05, 0.1) is 30.3 Å². The average molecular weight is 467 g/mol. The summed E-state index contributed by atoms with van der Waals surface area (Å²) in [4.78, 5) is 38.5. The highest BCUT2D eigenvalue weighted by atomic mass is 16.6. The number of ketones is 1. The van der Waals surface area contributed by atoms with Crippen LogP contribution in [-0.2, 0) is 28.6 Å². The SMILES string of the molecule is CC(=O)O[C@H]1C(=O)[C@@]2(C)C([C@H](O)[C@]3(C(C)C)C[C@H](O)C(C)=C13)[C@]1(OC(C)=O)CO[C@@H]1C[C@@H]2O. The molecule has 0 radical (unpaired) electrons. The van der Waals surface area contributed by atoms with Gasteiger partial charge in [-0.05, 0) is 37.3 Å². The smallest absolute Gasteiger partial charge is 0.303 e. The van der Waals surface area contributed by atoms with Gasteiger partial charge in [0, 0.05) is 31.6 Å². The number of esters is 2. The summed E-state index contributed by atoms with van der Waals surface area (Å²) in [5, 5.41) is 34.3. The molecule has 0 bridgehead atoms. The first-order valence-corrected chi connectivity index (χ1v) is 11.5. The second kappa shape index (κ2) is 7.60. The molecular weight excluding hydrogens is 432 g/mol. The molecule has 0 aromatic heterocycles. The first-order valence-electron chi connectivity index (χ1n) is 11.5. The number of aliphatic hydroxyl groups excluding tert-OH is 3. The fourth-order valence-corrected chi connectivity index (χ4v) is 7.16. The number of carbonyl (C=O) groups excluding carboxylic acids is 3. The molecule has 0 amide bonds. The Balaban J connectivity index is 2.04. The number of hydrogen-bond acceptors (Lipinski definition) is 9. The van der Waals surface area contributed by atoms with Gasteiger partial charge in [0.1, 0.15) is 6.10 Å². The molecule has 0 spiro atoms. The summed E-state index contributed by atoms with van der Waals surface area (Å²) in [5.74, 6) is -3.17. The average Bonchev–Trinajstić information content (AvgIpc) is 2.95. The number of Topliss-reactive ketones (excluding diaryl/α,β-unsaturated/α-hetero) is 1. The van der Waals surface area contributed by atoms with Crippen molar-refractivity contribution in [3.8, 4) is 0 Å². The van der Waals surface area contributed by atoms with Crippen molar-refractivity contribution in [3.05, 3.63) is 11.1 Å². The highest BCUT2D eigenvalue weighted by Gasteiger charge is 2.77. The van der Waals surface area contributed by atoms with Crippen LogP contribution < -0.4 is 0 Å². The van der Waals surface area contributed by atoms with Crippen molar-refractivity contribution in [1.29, 1.82) is 0 Å². The third-order valence-corrected chi connectivity index (χ3v) is 8.84. The summed E-state index contributed by atoms with van der Waals surface area (Å²) in [7, 11) is 0. The van der Waals surface area contributed by atoms with E-state index < -0.39 is 70.6 Å². The molecule has 0 aromatic carbocycles. The Hall–Kier alpha value is -1.81. The quantitative estimate of drug-likeness (QED) is 0.404. The molecule has 4 aliphatic rings. The van der Waals surface area contributed by atoms with Crippen molar-refractivity contribution in [3.63, 3.8) is 0 Å². The third-order valence-electron chi connectivity index (χ3n) is 8.84. The molecular formula is C24H34O9. The van der Waals surface area contributed by atoms with Gasteiger partial charge in [0.25, 0.3) is 0 Å². The van der Waals surface area contributed by atoms with E-state index in [-0.39, 0.29) is 25.4 Å². The maximum atomic E-state index is 14.2. The van der Waals surface area contributed by atoms with Crippen molar-refractivity contribution in [1.82, 2.24) is 0 Å². The molecule has 0 aromatic rings. The molecule has 3 aliphatic carbocycles. The summed E-state index contributed by atoms with van der Waals surface area (Å²) in [6, 6.07) is 0. The Morgan fingerprint density at radius 2 is 1.79 bits per heavy atom. The van der Waals surface area contributed by atoms with Gasteiger partial charge in [-0.1, -0.05) is 13.8 Å². The van der Waals surface area contributed by atoms with Gasteiger partial charge in [0.2, 0.25) is 0 Å². The van der Waals surface area contributed by atoms with E-state index in [1.807, 2.05) is 13.8 Å². The first-order chi connectivity index (χ1) is 15.2. The minimum Gasteiger partial charge on any atom is -0.454 e. The predicted octanol–water partition coefficient (Wildman–Crippen LogP) is 0.673. The van der Waals surface area contributed by atoms with Gasteiger partial charge >= 0.3 is 11.9 Å². The van der Waals surface area contributed by atoms with Crippen LogP contribution in [0.2, 0.25) is 0 Å². The van der Waals surface area contributed by atoms with E-state index >= 15 is 0 Å². The largest absolute Gasteiger partial charge is 0.454 e. The Morgan fingerprint density at radius 3 is 2.27 bits per heavy atom. The molecule has 1 saturated heterocycles. The van der Waals surface area contributed by atoms with Crippen molar-refractivity contribution >= 4 is 17.7 Å². The zero-order chi connectivity index (χ0) is 24.7. The van der Waals surface area contributed by atoms with Crippen LogP contribution >= 0.6 is 0 Å². The van der Waals surface area contributed by atoms with Crippen molar-refractivity contribution < 1.29 is 43.9 Å². The number of carbonyl (C=O) groups is 3. The van der Waals surface area contributed by atoms with E-state index in [2.05, 4.69) is 0 Å². The fourth-order valence-electron chi connectivity index (χ4n) is 7.16. The summed E-state index contributed by atoms with van der Waals surface area (Å²) in [6.45, 7) is 9.39. The van der Waals surface area contributed by atoms with Gasteiger partial charge in [0.15, 0.2) is 17.5 Å². The van der Waals surface area contributed by atoms with Crippen LogP contribution in [0, 0.1) is 22.7 Å². The number of rotatable bonds is 3. The lowest BCUT2D eigenvalue weighted by Crippen LogP contribution is -2.77. The number of fused-ring (bicyclic) bond motifs is 4. The first kappa shape index (κ1) is 24.3. The third kappa shape index (κ3) is 2.95. The van der Waals surface area contributed by atoms with Gasteiger partial charge in [-0.25, -0.2) is 0 Å². The van der Waals surface area contributed by atoms with Gasteiger partial charge in [-0.2, -0.15) is 0 Å². The molecule has 4 rings (SSSR count). The van der Waals surface area contributed by atoms with E-state index in [1.165, 1.54) is 13.8 Å². The number of hydrogen-bond donors (Lipinski definition) is 3. The summed E-state index contributed by atoms with van der Waals surface area (Å²) < 4.78 is 17.0. The zero-order valence-corrected chi connectivity index (χ0v) is 20.0. The Labute approximate surface area is 193 Å². The highest BCUT2D eigenvalue weighted by molar-refractivity contribution is 5.95. The van der Waals surface area contributed by atoms with Crippen LogP contribution in [0.25, 0.3) is 0 Å². The van der Waals surface area contributed by atoms with Crippen LogP contribution in [-0.4, -0.2) is 75.8 Å². The van der Waals surface area contributed by atoms with Crippen LogP contribution in [0.1, 0.15) is 54.4 Å².